The van der Waals surface area contributed by atoms with Crippen molar-refractivity contribution in [2.24, 2.45) is 0 Å². The van der Waals surface area contributed by atoms with Gasteiger partial charge in [0, 0.05) is 25.5 Å². The van der Waals surface area contributed by atoms with E-state index >= 15 is 0 Å². The van der Waals surface area contributed by atoms with E-state index in [4.69, 9.17) is 14.6 Å². The molecule has 0 spiro atoms. The summed E-state index contributed by atoms with van der Waals surface area (Å²) in [7, 11) is 0. The second kappa shape index (κ2) is 11.2. The standard InChI is InChI=1S/C17H22N2O11.Na/c1-8(21)18-13-11(22)6-17(16(25)26,30-15(13)14(24)12(23)7-20)29-10-4-2-9(3-5-10)19(27)28;/h2-5,11-15,20,22-24H,6-7H2,1H3,(H,18,21)(H,25,26);/q;+1/p-1/t11-,12-,13-,14-,15?,17-;/m1./s1. The maximum Gasteiger partial charge on any atom is 1.00 e. The van der Waals surface area contributed by atoms with Crippen molar-refractivity contribution >= 4 is 17.6 Å². The number of carbonyl (C=O) groups is 2. The molecule has 0 saturated carbocycles. The van der Waals surface area contributed by atoms with E-state index < -0.39 is 66.1 Å². The van der Waals surface area contributed by atoms with Crippen molar-refractivity contribution in [2.45, 2.75) is 49.6 Å². The fourth-order valence-corrected chi connectivity index (χ4v) is 3.05. The summed E-state index contributed by atoms with van der Waals surface area (Å²) in [6, 6.07) is 2.91. The Labute approximate surface area is 198 Å². The van der Waals surface area contributed by atoms with Gasteiger partial charge >= 0.3 is 29.6 Å². The Morgan fingerprint density at radius 3 is 2.39 bits per heavy atom. The molecule has 31 heavy (non-hydrogen) atoms. The van der Waals surface area contributed by atoms with E-state index in [-0.39, 0.29) is 41.0 Å². The smallest absolute Gasteiger partial charge is 0.543 e. The molecule has 1 heterocycles. The fraction of sp³-hybridized carbons (Fsp3) is 0.529. The number of aliphatic carboxylic acids is 1. The monoisotopic (exact) mass is 452 g/mol. The number of ether oxygens (including phenoxy) is 2. The molecule has 166 valence electrons. The normalized spacial score (nSPS) is 27.3. The molecule has 1 aliphatic heterocycles. The van der Waals surface area contributed by atoms with E-state index in [9.17, 15) is 40.1 Å². The number of benzene rings is 1. The van der Waals surface area contributed by atoms with Crippen LogP contribution in [0.2, 0.25) is 0 Å². The summed E-state index contributed by atoms with van der Waals surface area (Å²) in [4.78, 5) is 33.4. The van der Waals surface area contributed by atoms with E-state index in [2.05, 4.69) is 5.32 Å². The van der Waals surface area contributed by atoms with Gasteiger partial charge in [-0.05, 0) is 12.1 Å². The Morgan fingerprint density at radius 2 is 1.94 bits per heavy atom. The number of non-ortho nitro benzene ring substituents is 1. The summed E-state index contributed by atoms with van der Waals surface area (Å²) in [5, 5.41) is 64.5. The molecular formula is C17H21N2NaO11. The number of nitro groups is 1. The number of rotatable bonds is 8. The summed E-state index contributed by atoms with van der Waals surface area (Å²) in [6.07, 6.45) is -7.84. The molecule has 0 radical (unpaired) electrons. The average Bonchev–Trinajstić information content (AvgIpc) is 2.68. The summed E-state index contributed by atoms with van der Waals surface area (Å²) < 4.78 is 10.7. The van der Waals surface area contributed by atoms with Crippen LogP contribution in [0.3, 0.4) is 0 Å². The van der Waals surface area contributed by atoms with E-state index in [1.54, 1.807) is 0 Å². The van der Waals surface area contributed by atoms with E-state index in [1.807, 2.05) is 0 Å². The van der Waals surface area contributed by atoms with Crippen molar-refractivity contribution in [3.63, 3.8) is 0 Å². The van der Waals surface area contributed by atoms with Crippen LogP contribution in [-0.4, -0.2) is 80.1 Å². The maximum absolute atomic E-state index is 11.9. The topological polar surface area (TPSA) is 212 Å². The number of nitrogens with zero attached hydrogens (tertiary/aromatic N) is 1. The number of hydrogen-bond acceptors (Lipinski definition) is 11. The number of nitro benzene ring substituents is 1. The minimum Gasteiger partial charge on any atom is -0.543 e. The molecule has 2 rings (SSSR count). The van der Waals surface area contributed by atoms with Gasteiger partial charge in [0.1, 0.15) is 30.0 Å². The summed E-state index contributed by atoms with van der Waals surface area (Å²) >= 11 is 0. The molecule has 0 aliphatic carbocycles. The largest absolute Gasteiger partial charge is 1.00 e. The van der Waals surface area contributed by atoms with Gasteiger partial charge in [-0.2, -0.15) is 0 Å². The van der Waals surface area contributed by atoms with Crippen LogP contribution in [0.25, 0.3) is 0 Å². The van der Waals surface area contributed by atoms with Crippen LogP contribution < -0.4 is 44.7 Å². The number of aliphatic hydroxyl groups is 4. The van der Waals surface area contributed by atoms with Crippen LogP contribution in [0.1, 0.15) is 13.3 Å². The van der Waals surface area contributed by atoms with E-state index in [0.29, 0.717) is 0 Å². The van der Waals surface area contributed by atoms with Gasteiger partial charge < -0.3 is 45.1 Å². The van der Waals surface area contributed by atoms with Crippen LogP contribution in [0, 0.1) is 10.1 Å². The van der Waals surface area contributed by atoms with E-state index in [1.165, 1.54) is 0 Å². The van der Waals surface area contributed by atoms with Crippen LogP contribution in [0.4, 0.5) is 5.69 Å². The van der Waals surface area contributed by atoms with E-state index in [0.717, 1.165) is 31.2 Å². The summed E-state index contributed by atoms with van der Waals surface area (Å²) in [5.74, 6) is -5.45. The Morgan fingerprint density at radius 1 is 1.35 bits per heavy atom. The van der Waals surface area contributed by atoms with Crippen molar-refractivity contribution in [3.05, 3.63) is 34.4 Å². The average molecular weight is 452 g/mol. The maximum atomic E-state index is 11.9. The molecule has 1 aliphatic rings. The third-order valence-corrected chi connectivity index (χ3v) is 4.50. The molecule has 0 bridgehead atoms. The van der Waals surface area contributed by atoms with Gasteiger partial charge in [-0.1, -0.05) is 0 Å². The van der Waals surface area contributed by atoms with Gasteiger partial charge in [0.05, 0.1) is 23.7 Å². The number of nitrogens with one attached hydrogen (secondary N) is 1. The Kier molecular flexibility index (Phi) is 9.78. The zero-order valence-electron chi connectivity index (χ0n) is 16.7. The second-order valence-electron chi connectivity index (χ2n) is 6.71. The van der Waals surface area contributed by atoms with Crippen molar-refractivity contribution < 1.29 is 79.1 Å². The molecule has 1 saturated heterocycles. The van der Waals surface area contributed by atoms with Crippen LogP contribution >= 0.6 is 0 Å². The van der Waals surface area contributed by atoms with Gasteiger partial charge in [-0.3, -0.25) is 14.9 Å². The van der Waals surface area contributed by atoms with Gasteiger partial charge in [-0.25, -0.2) is 0 Å². The number of carboxylic acids is 1. The fourth-order valence-electron chi connectivity index (χ4n) is 3.05. The number of hydrogen-bond donors (Lipinski definition) is 5. The Balaban J connectivity index is 0.00000480. The van der Waals surface area contributed by atoms with Crippen molar-refractivity contribution in [2.75, 3.05) is 6.61 Å². The molecule has 1 amide bonds. The molecule has 6 atom stereocenters. The van der Waals surface area contributed by atoms with Crippen LogP contribution in [0.15, 0.2) is 24.3 Å². The first-order valence-electron chi connectivity index (χ1n) is 8.75. The molecule has 5 N–H and O–H groups in total. The first-order valence-corrected chi connectivity index (χ1v) is 8.75. The predicted molar refractivity (Wildman–Crippen MR) is 93.7 cm³/mol. The third-order valence-electron chi connectivity index (χ3n) is 4.50. The van der Waals surface area contributed by atoms with Gasteiger partial charge in [0.25, 0.3) is 11.5 Å². The number of aliphatic hydroxyl groups excluding tert-OH is 4. The second-order valence-corrected chi connectivity index (χ2v) is 6.71. The minimum atomic E-state index is -2.68. The molecular weight excluding hydrogens is 431 g/mol. The number of carbonyl (C=O) groups excluding carboxylic acids is 2. The van der Waals surface area contributed by atoms with Crippen molar-refractivity contribution in [3.8, 4) is 5.75 Å². The minimum absolute atomic E-state index is 0. The van der Waals surface area contributed by atoms with Crippen molar-refractivity contribution in [1.82, 2.24) is 5.32 Å². The molecule has 1 fully saturated rings. The molecule has 1 aromatic rings. The third kappa shape index (κ3) is 6.33. The van der Waals surface area contributed by atoms with Crippen LogP contribution in [0.5, 0.6) is 5.75 Å². The zero-order valence-corrected chi connectivity index (χ0v) is 18.7. The molecule has 13 nitrogen and oxygen atoms in total. The first-order chi connectivity index (χ1) is 14.0. The molecule has 1 unspecified atom stereocenters. The first kappa shape index (κ1) is 27.2. The molecule has 1 aromatic carbocycles. The van der Waals surface area contributed by atoms with Gasteiger partial charge in [0.2, 0.25) is 5.91 Å². The quantitative estimate of drug-likeness (QED) is 0.142. The summed E-state index contributed by atoms with van der Waals surface area (Å²) in [5.41, 5.74) is -0.292. The van der Waals surface area contributed by atoms with Crippen LogP contribution in [-0.2, 0) is 14.3 Å². The predicted octanol–water partition coefficient (Wildman–Crippen LogP) is -6.21. The Hall–Kier alpha value is -1.84. The van der Waals surface area contributed by atoms with Gasteiger partial charge in [0.15, 0.2) is 0 Å². The summed E-state index contributed by atoms with van der Waals surface area (Å²) in [6.45, 7) is 0.179. The number of carboxylic acid groups (broad SMARTS) is 1. The SMILES string of the molecule is CC(=O)N[C@H]1C([C@H](O)[C@H](O)CO)O[C@@](Oc2ccc([N+](=O)[O-])cc2)(C(=O)[O-])C[C@H]1O.[Na+]. The number of amides is 1. The zero-order chi connectivity index (χ0) is 22.6. The molecule has 14 heteroatoms. The van der Waals surface area contributed by atoms with Crippen molar-refractivity contribution in [1.29, 1.82) is 0 Å². The van der Waals surface area contributed by atoms with Gasteiger partial charge in [-0.15, -0.1) is 0 Å². The molecule has 0 aromatic heterocycles. The Bertz CT molecular complexity index is 793.